The van der Waals surface area contributed by atoms with Crippen LogP contribution < -0.4 is 5.32 Å². The smallest absolute Gasteiger partial charge is 0.0991 e. The van der Waals surface area contributed by atoms with E-state index in [1.54, 1.807) is 0 Å². The van der Waals surface area contributed by atoms with Gasteiger partial charge in [0.15, 0.2) is 0 Å². The average molecular weight is 236 g/mol. The monoisotopic (exact) mass is 236 g/mol. The van der Waals surface area contributed by atoms with Crippen molar-refractivity contribution in [2.45, 2.75) is 19.9 Å². The minimum Gasteiger partial charge on any atom is -0.379 e. The molecule has 18 heavy (non-hydrogen) atoms. The van der Waals surface area contributed by atoms with Crippen molar-refractivity contribution >= 4 is 5.69 Å². The molecule has 0 saturated heterocycles. The summed E-state index contributed by atoms with van der Waals surface area (Å²) in [6, 6.07) is 18.3. The highest BCUT2D eigenvalue weighted by Gasteiger charge is 2.05. The summed E-state index contributed by atoms with van der Waals surface area (Å²) >= 11 is 0. The first-order chi connectivity index (χ1) is 8.69. The third-order valence-electron chi connectivity index (χ3n) is 2.92. The third-order valence-corrected chi connectivity index (χ3v) is 2.92. The van der Waals surface area contributed by atoms with Gasteiger partial charge in [0, 0.05) is 11.7 Å². The van der Waals surface area contributed by atoms with Gasteiger partial charge in [0.25, 0.3) is 0 Å². The van der Waals surface area contributed by atoms with Gasteiger partial charge in [-0.2, -0.15) is 5.26 Å². The largest absolute Gasteiger partial charge is 0.379 e. The Morgan fingerprint density at radius 1 is 1.11 bits per heavy atom. The predicted octanol–water partition coefficient (Wildman–Crippen LogP) is 4.04. The molecule has 2 aromatic carbocycles. The summed E-state index contributed by atoms with van der Waals surface area (Å²) in [5.74, 6) is 0. The quantitative estimate of drug-likeness (QED) is 0.873. The number of nitriles is 1. The molecule has 1 unspecified atom stereocenters. The number of benzene rings is 2. The normalized spacial score (nSPS) is 11.6. The zero-order valence-electron chi connectivity index (χ0n) is 10.6. The lowest BCUT2D eigenvalue weighted by Crippen LogP contribution is -2.06. The Balaban J connectivity index is 2.17. The van der Waals surface area contributed by atoms with Crippen molar-refractivity contribution in [3.8, 4) is 6.07 Å². The van der Waals surface area contributed by atoms with Gasteiger partial charge in [-0.15, -0.1) is 0 Å². The number of nitrogens with one attached hydrogen (secondary N) is 1. The molecule has 0 aliphatic rings. The van der Waals surface area contributed by atoms with Crippen LogP contribution >= 0.6 is 0 Å². The van der Waals surface area contributed by atoms with E-state index >= 15 is 0 Å². The van der Waals surface area contributed by atoms with Crippen molar-refractivity contribution in [3.05, 3.63) is 65.2 Å². The molecule has 0 aliphatic heterocycles. The van der Waals surface area contributed by atoms with Gasteiger partial charge < -0.3 is 5.32 Å². The van der Waals surface area contributed by atoms with Crippen LogP contribution in [-0.4, -0.2) is 0 Å². The number of hydrogen-bond acceptors (Lipinski definition) is 2. The SMILES string of the molecule is Cc1cccc(NC(C)c2cccc(C#N)c2)c1. The van der Waals surface area contributed by atoms with Crippen molar-refractivity contribution < 1.29 is 0 Å². The first-order valence-corrected chi connectivity index (χ1v) is 6.02. The Hall–Kier alpha value is -2.27. The number of rotatable bonds is 3. The molecule has 0 spiro atoms. The highest BCUT2D eigenvalue weighted by molar-refractivity contribution is 5.48. The summed E-state index contributed by atoms with van der Waals surface area (Å²) in [5, 5.41) is 12.3. The maximum absolute atomic E-state index is 8.90. The second-order valence-corrected chi connectivity index (χ2v) is 4.47. The van der Waals surface area contributed by atoms with Crippen LogP contribution in [0.5, 0.6) is 0 Å². The molecule has 0 aromatic heterocycles. The first-order valence-electron chi connectivity index (χ1n) is 6.02. The van der Waals surface area contributed by atoms with Crippen molar-refractivity contribution in [1.29, 1.82) is 5.26 Å². The van der Waals surface area contributed by atoms with Crippen molar-refractivity contribution in [1.82, 2.24) is 0 Å². The van der Waals surface area contributed by atoms with Crippen LogP contribution in [0.4, 0.5) is 5.69 Å². The Morgan fingerprint density at radius 3 is 2.61 bits per heavy atom. The number of hydrogen-bond donors (Lipinski definition) is 1. The van der Waals surface area contributed by atoms with Gasteiger partial charge in [0.1, 0.15) is 0 Å². The van der Waals surface area contributed by atoms with E-state index < -0.39 is 0 Å². The molecular weight excluding hydrogens is 220 g/mol. The van der Waals surface area contributed by atoms with E-state index in [-0.39, 0.29) is 6.04 Å². The zero-order chi connectivity index (χ0) is 13.0. The molecule has 2 aromatic rings. The summed E-state index contributed by atoms with van der Waals surface area (Å²) in [6.45, 7) is 4.17. The predicted molar refractivity (Wildman–Crippen MR) is 74.4 cm³/mol. The lowest BCUT2D eigenvalue weighted by atomic mass is 10.1. The lowest BCUT2D eigenvalue weighted by molar-refractivity contribution is 0.884. The molecule has 0 saturated carbocycles. The van der Waals surface area contributed by atoms with Gasteiger partial charge in [-0.1, -0.05) is 24.3 Å². The molecule has 1 atom stereocenters. The van der Waals surface area contributed by atoms with E-state index in [4.69, 9.17) is 5.26 Å². The van der Waals surface area contributed by atoms with Crippen molar-refractivity contribution in [3.63, 3.8) is 0 Å². The summed E-state index contributed by atoms with van der Waals surface area (Å²) in [4.78, 5) is 0. The second kappa shape index (κ2) is 5.37. The van der Waals surface area contributed by atoms with Crippen LogP contribution in [0.3, 0.4) is 0 Å². The summed E-state index contributed by atoms with van der Waals surface area (Å²) in [6.07, 6.45) is 0. The highest BCUT2D eigenvalue weighted by Crippen LogP contribution is 2.20. The second-order valence-electron chi connectivity index (χ2n) is 4.47. The molecule has 0 bridgehead atoms. The molecule has 2 rings (SSSR count). The minimum atomic E-state index is 0.181. The van der Waals surface area contributed by atoms with Gasteiger partial charge in [-0.3, -0.25) is 0 Å². The van der Waals surface area contributed by atoms with Gasteiger partial charge in [0.2, 0.25) is 0 Å². The van der Waals surface area contributed by atoms with E-state index in [1.807, 2.05) is 30.3 Å². The van der Waals surface area contributed by atoms with Crippen LogP contribution in [0.15, 0.2) is 48.5 Å². The highest BCUT2D eigenvalue weighted by atomic mass is 14.9. The van der Waals surface area contributed by atoms with Crippen LogP contribution in [0.25, 0.3) is 0 Å². The molecule has 0 aliphatic carbocycles. The van der Waals surface area contributed by atoms with Crippen molar-refractivity contribution in [2.75, 3.05) is 5.32 Å². The van der Waals surface area contributed by atoms with Gasteiger partial charge >= 0.3 is 0 Å². The average Bonchev–Trinajstić information content (AvgIpc) is 2.39. The molecule has 0 fully saturated rings. The fraction of sp³-hybridized carbons (Fsp3) is 0.188. The van der Waals surface area contributed by atoms with E-state index in [9.17, 15) is 0 Å². The Bertz CT molecular complexity index is 582. The molecule has 0 radical (unpaired) electrons. The fourth-order valence-corrected chi connectivity index (χ4v) is 1.95. The van der Waals surface area contributed by atoms with E-state index in [2.05, 4.69) is 43.4 Å². The number of anilines is 1. The molecule has 0 heterocycles. The topological polar surface area (TPSA) is 35.8 Å². The molecule has 1 N–H and O–H groups in total. The Morgan fingerprint density at radius 2 is 1.89 bits per heavy atom. The lowest BCUT2D eigenvalue weighted by Gasteiger charge is -2.16. The Labute approximate surface area is 108 Å². The van der Waals surface area contributed by atoms with Gasteiger partial charge in [-0.25, -0.2) is 0 Å². The van der Waals surface area contributed by atoms with Crippen LogP contribution in [-0.2, 0) is 0 Å². The van der Waals surface area contributed by atoms with E-state index in [0.717, 1.165) is 11.3 Å². The minimum absolute atomic E-state index is 0.181. The molecule has 0 amide bonds. The molecule has 2 nitrogen and oxygen atoms in total. The zero-order valence-corrected chi connectivity index (χ0v) is 10.6. The van der Waals surface area contributed by atoms with Crippen molar-refractivity contribution in [2.24, 2.45) is 0 Å². The molecular formula is C16H16N2. The summed E-state index contributed by atoms with van der Waals surface area (Å²) in [5.41, 5.74) is 4.16. The van der Waals surface area contributed by atoms with E-state index in [1.165, 1.54) is 5.56 Å². The fourth-order valence-electron chi connectivity index (χ4n) is 1.95. The van der Waals surface area contributed by atoms with Gasteiger partial charge in [-0.05, 0) is 49.2 Å². The summed E-state index contributed by atoms with van der Waals surface area (Å²) in [7, 11) is 0. The third kappa shape index (κ3) is 2.89. The first kappa shape index (κ1) is 12.2. The van der Waals surface area contributed by atoms with Crippen LogP contribution in [0.1, 0.15) is 29.7 Å². The number of nitrogens with zero attached hydrogens (tertiary/aromatic N) is 1. The standard InChI is InChI=1S/C16H16N2/c1-12-5-3-8-16(9-12)18-13(2)15-7-4-6-14(10-15)11-17/h3-10,13,18H,1-2H3. The summed E-state index contributed by atoms with van der Waals surface area (Å²) < 4.78 is 0. The molecule has 90 valence electrons. The maximum atomic E-state index is 8.90. The Kier molecular flexibility index (Phi) is 3.64. The molecule has 2 heteroatoms. The van der Waals surface area contributed by atoms with Crippen LogP contribution in [0, 0.1) is 18.3 Å². The number of aryl methyl sites for hydroxylation is 1. The maximum Gasteiger partial charge on any atom is 0.0991 e. The van der Waals surface area contributed by atoms with E-state index in [0.29, 0.717) is 5.56 Å². The van der Waals surface area contributed by atoms with Crippen LogP contribution in [0.2, 0.25) is 0 Å². The van der Waals surface area contributed by atoms with Gasteiger partial charge in [0.05, 0.1) is 11.6 Å².